The first-order valence-corrected chi connectivity index (χ1v) is 8.08. The molecular formula is C14H22N4O2S. The molecule has 0 radical (unpaired) electrons. The summed E-state index contributed by atoms with van der Waals surface area (Å²) in [5.41, 5.74) is 6.05. The lowest BCUT2D eigenvalue weighted by Crippen LogP contribution is -2.26. The highest BCUT2D eigenvalue weighted by atomic mass is 32.2. The van der Waals surface area contributed by atoms with Crippen LogP contribution in [0.25, 0.3) is 0 Å². The summed E-state index contributed by atoms with van der Waals surface area (Å²) in [5.74, 6) is 1.68. The summed E-state index contributed by atoms with van der Waals surface area (Å²) in [7, 11) is 0. The van der Waals surface area contributed by atoms with Crippen molar-refractivity contribution in [2.75, 3.05) is 0 Å². The molecule has 0 aliphatic rings. The zero-order valence-electron chi connectivity index (χ0n) is 12.6. The highest BCUT2D eigenvalue weighted by molar-refractivity contribution is 7.99. The van der Waals surface area contributed by atoms with Gasteiger partial charge in [0.2, 0.25) is 0 Å². The summed E-state index contributed by atoms with van der Waals surface area (Å²) >= 11 is 1.48. The van der Waals surface area contributed by atoms with Crippen LogP contribution in [0.15, 0.2) is 26.5 Å². The molecule has 0 bridgehead atoms. The third-order valence-corrected chi connectivity index (χ3v) is 4.66. The molecule has 21 heavy (non-hydrogen) atoms. The second-order valence-corrected chi connectivity index (χ2v) is 6.13. The number of aryl methyl sites for hydroxylation is 1. The number of hydrogen-bond acceptors (Lipinski definition) is 5. The van der Waals surface area contributed by atoms with E-state index >= 15 is 0 Å². The Labute approximate surface area is 128 Å². The summed E-state index contributed by atoms with van der Waals surface area (Å²) < 4.78 is 7.37. The topological polar surface area (TPSA) is 89.8 Å². The molecule has 2 heterocycles. The van der Waals surface area contributed by atoms with Crippen LogP contribution in [0.3, 0.4) is 0 Å². The molecule has 6 nitrogen and oxygen atoms in total. The quantitative estimate of drug-likeness (QED) is 0.767. The molecule has 2 rings (SSSR count). The van der Waals surface area contributed by atoms with Gasteiger partial charge in [-0.3, -0.25) is 4.57 Å². The predicted octanol–water partition coefficient (Wildman–Crippen LogP) is 2.45. The fourth-order valence-corrected chi connectivity index (χ4v) is 3.34. The molecule has 0 saturated carbocycles. The number of nitrogens with one attached hydrogen (secondary N) is 1. The van der Waals surface area contributed by atoms with Crippen LogP contribution < -0.4 is 11.4 Å². The van der Waals surface area contributed by atoms with Crippen LogP contribution in [0.4, 0.5) is 0 Å². The summed E-state index contributed by atoms with van der Waals surface area (Å²) in [6.07, 6.45) is 1.69. The Bertz CT molecular complexity index is 631. The van der Waals surface area contributed by atoms with Gasteiger partial charge in [-0.1, -0.05) is 25.6 Å². The van der Waals surface area contributed by atoms with Crippen molar-refractivity contribution in [3.63, 3.8) is 0 Å². The Balaban J connectivity index is 2.29. The largest absolute Gasteiger partial charge is 0.465 e. The zero-order valence-corrected chi connectivity index (χ0v) is 13.4. The van der Waals surface area contributed by atoms with Gasteiger partial charge in [0.05, 0.1) is 5.25 Å². The Morgan fingerprint density at radius 2 is 2.24 bits per heavy atom. The molecule has 3 N–H and O–H groups in total. The van der Waals surface area contributed by atoms with E-state index < -0.39 is 0 Å². The molecule has 0 spiro atoms. The predicted molar refractivity (Wildman–Crippen MR) is 83.4 cm³/mol. The number of thioether (sulfide) groups is 1. The Morgan fingerprint density at radius 3 is 2.81 bits per heavy atom. The minimum absolute atomic E-state index is 0.0606. The van der Waals surface area contributed by atoms with E-state index in [1.807, 2.05) is 32.9 Å². The monoisotopic (exact) mass is 310 g/mol. The Kier molecular flexibility index (Phi) is 5.30. The van der Waals surface area contributed by atoms with E-state index in [1.54, 1.807) is 4.57 Å². The number of nitrogens with zero attached hydrogens (tertiary/aromatic N) is 2. The normalized spacial score (nSPS) is 14.3. The second kappa shape index (κ2) is 7.00. The Morgan fingerprint density at radius 1 is 1.48 bits per heavy atom. The van der Waals surface area contributed by atoms with Gasteiger partial charge in [0.15, 0.2) is 5.16 Å². The molecule has 0 fully saturated rings. The molecule has 0 saturated heterocycles. The minimum atomic E-state index is -0.182. The van der Waals surface area contributed by atoms with E-state index in [-0.39, 0.29) is 17.0 Å². The first kappa shape index (κ1) is 15.9. The second-order valence-electron chi connectivity index (χ2n) is 5.02. The van der Waals surface area contributed by atoms with Crippen LogP contribution in [-0.2, 0) is 6.54 Å². The first-order valence-electron chi connectivity index (χ1n) is 7.20. The molecule has 116 valence electrons. The summed E-state index contributed by atoms with van der Waals surface area (Å²) in [5, 5.41) is 7.22. The number of nitrogens with two attached hydrogens (primary N) is 1. The molecule has 0 aromatic carbocycles. The van der Waals surface area contributed by atoms with Crippen LogP contribution in [0.1, 0.15) is 43.5 Å². The van der Waals surface area contributed by atoms with Crippen molar-refractivity contribution in [3.05, 3.63) is 34.1 Å². The maximum Gasteiger partial charge on any atom is 0.343 e. The third kappa shape index (κ3) is 3.59. The van der Waals surface area contributed by atoms with Crippen molar-refractivity contribution in [1.29, 1.82) is 0 Å². The van der Waals surface area contributed by atoms with Gasteiger partial charge in [-0.2, -0.15) is 0 Å². The standard InChI is InChI=1S/C14H22N4O2S/c1-4-8-18-13(19)16-17-14(18)21-12(10(15)5-2)11-7-6-9(3)20-11/h6-7,10,12H,4-5,8,15H2,1-3H3,(H,16,19). The van der Waals surface area contributed by atoms with Gasteiger partial charge < -0.3 is 10.2 Å². The smallest absolute Gasteiger partial charge is 0.343 e. The van der Waals surface area contributed by atoms with E-state index in [0.29, 0.717) is 11.7 Å². The highest BCUT2D eigenvalue weighted by Gasteiger charge is 2.25. The molecule has 2 aromatic heterocycles. The van der Waals surface area contributed by atoms with E-state index in [1.165, 1.54) is 11.8 Å². The van der Waals surface area contributed by atoms with Crippen LogP contribution >= 0.6 is 11.8 Å². The fourth-order valence-electron chi connectivity index (χ4n) is 2.10. The summed E-state index contributed by atoms with van der Waals surface area (Å²) in [6.45, 7) is 6.61. The van der Waals surface area contributed by atoms with Crippen molar-refractivity contribution >= 4 is 11.8 Å². The lowest BCUT2D eigenvalue weighted by Gasteiger charge is -2.20. The van der Waals surface area contributed by atoms with Crippen LogP contribution in [0.5, 0.6) is 0 Å². The fraction of sp³-hybridized carbons (Fsp3) is 0.571. The number of aromatic nitrogens is 3. The number of aromatic amines is 1. The van der Waals surface area contributed by atoms with Crippen molar-refractivity contribution in [2.24, 2.45) is 5.73 Å². The highest BCUT2D eigenvalue weighted by Crippen LogP contribution is 2.37. The lowest BCUT2D eigenvalue weighted by molar-refractivity contribution is 0.453. The number of furan rings is 1. The van der Waals surface area contributed by atoms with Gasteiger partial charge in [-0.25, -0.2) is 9.89 Å². The average Bonchev–Trinajstić information content (AvgIpc) is 3.04. The van der Waals surface area contributed by atoms with Crippen LogP contribution in [-0.4, -0.2) is 20.8 Å². The van der Waals surface area contributed by atoms with Crippen LogP contribution in [0, 0.1) is 6.92 Å². The maximum atomic E-state index is 11.8. The first-order chi connectivity index (χ1) is 10.1. The van der Waals surface area contributed by atoms with Gasteiger partial charge in [0, 0.05) is 12.6 Å². The van der Waals surface area contributed by atoms with Crippen LogP contribution in [0.2, 0.25) is 0 Å². The van der Waals surface area contributed by atoms with Gasteiger partial charge in [0.25, 0.3) is 0 Å². The minimum Gasteiger partial charge on any atom is -0.465 e. The average molecular weight is 310 g/mol. The van der Waals surface area contributed by atoms with Gasteiger partial charge in [-0.15, -0.1) is 5.10 Å². The lowest BCUT2D eigenvalue weighted by atomic mass is 10.1. The SMILES string of the molecule is CCCn1c(SC(c2ccc(C)o2)C(N)CC)n[nH]c1=O. The zero-order chi connectivity index (χ0) is 15.4. The van der Waals surface area contributed by atoms with E-state index in [9.17, 15) is 4.79 Å². The Hall–Kier alpha value is -1.47. The van der Waals surface area contributed by atoms with Crippen molar-refractivity contribution in [3.8, 4) is 0 Å². The number of hydrogen-bond donors (Lipinski definition) is 2. The van der Waals surface area contributed by atoms with Gasteiger partial charge in [0.1, 0.15) is 11.5 Å². The number of H-pyrrole nitrogens is 1. The van der Waals surface area contributed by atoms with E-state index in [4.69, 9.17) is 10.2 Å². The van der Waals surface area contributed by atoms with Gasteiger partial charge in [-0.05, 0) is 31.9 Å². The van der Waals surface area contributed by atoms with E-state index in [2.05, 4.69) is 10.2 Å². The molecule has 0 aliphatic heterocycles. The molecule has 2 atom stereocenters. The molecule has 0 aliphatic carbocycles. The molecule has 2 unspecified atom stereocenters. The van der Waals surface area contributed by atoms with E-state index in [0.717, 1.165) is 24.4 Å². The van der Waals surface area contributed by atoms with Crippen molar-refractivity contribution in [2.45, 2.75) is 56.6 Å². The van der Waals surface area contributed by atoms with Crippen molar-refractivity contribution in [1.82, 2.24) is 14.8 Å². The molecule has 0 amide bonds. The number of rotatable bonds is 7. The third-order valence-electron chi connectivity index (χ3n) is 3.30. The summed E-state index contributed by atoms with van der Waals surface area (Å²) in [4.78, 5) is 11.8. The van der Waals surface area contributed by atoms with Gasteiger partial charge >= 0.3 is 5.69 Å². The molecular weight excluding hydrogens is 288 g/mol. The van der Waals surface area contributed by atoms with Crippen molar-refractivity contribution < 1.29 is 4.42 Å². The maximum absolute atomic E-state index is 11.8. The summed E-state index contributed by atoms with van der Waals surface area (Å²) in [6, 6.07) is 3.80. The molecule has 7 heteroatoms. The molecule has 2 aromatic rings.